The number of amides is 1. The lowest BCUT2D eigenvalue weighted by molar-refractivity contribution is -0.137. The summed E-state index contributed by atoms with van der Waals surface area (Å²) in [6.07, 6.45) is -2.00. The fraction of sp³-hybridized carbons (Fsp3) is 0.632. The molecule has 0 aromatic heterocycles. The highest BCUT2D eigenvalue weighted by atomic mass is 19.4. The fourth-order valence-electron chi connectivity index (χ4n) is 3.61. The summed E-state index contributed by atoms with van der Waals surface area (Å²) in [4.78, 5) is 14.5. The second-order valence-electron chi connectivity index (χ2n) is 6.87. The minimum Gasteiger partial charge on any atom is -0.354 e. The van der Waals surface area contributed by atoms with Crippen molar-refractivity contribution in [3.8, 4) is 0 Å². The molecule has 1 aliphatic rings. The molecule has 1 aromatic carbocycles. The van der Waals surface area contributed by atoms with Crippen LogP contribution in [0.3, 0.4) is 0 Å². The number of halogens is 3. The van der Waals surface area contributed by atoms with E-state index in [4.69, 9.17) is 5.73 Å². The summed E-state index contributed by atoms with van der Waals surface area (Å²) >= 11 is 0. The molecule has 26 heavy (non-hydrogen) atoms. The quantitative estimate of drug-likeness (QED) is 0.773. The molecule has 0 spiro atoms. The number of nitrogens with one attached hydrogen (secondary N) is 1. The van der Waals surface area contributed by atoms with Gasteiger partial charge in [0.25, 0.3) is 0 Å². The van der Waals surface area contributed by atoms with Gasteiger partial charge in [-0.1, -0.05) is 26.0 Å². The highest BCUT2D eigenvalue weighted by molar-refractivity contribution is 5.79. The second kappa shape index (κ2) is 8.86. The van der Waals surface area contributed by atoms with Crippen molar-refractivity contribution in [1.82, 2.24) is 10.2 Å². The van der Waals surface area contributed by atoms with E-state index in [1.165, 1.54) is 12.1 Å². The average Bonchev–Trinajstić information content (AvgIpc) is 3.04. The zero-order valence-corrected chi connectivity index (χ0v) is 15.4. The largest absolute Gasteiger partial charge is 0.416 e. The topological polar surface area (TPSA) is 58.4 Å². The van der Waals surface area contributed by atoms with Gasteiger partial charge in [0.05, 0.1) is 11.6 Å². The molecule has 146 valence electrons. The number of benzene rings is 1. The standard InChI is InChI=1S/C19H28F3N3O/c1-3-25(4-2)17(12-24-18(26)14-7-10-16(23)11-14)13-5-8-15(9-6-13)19(20,21)22/h5-6,8-9,14,16-17H,3-4,7,10-12,23H2,1-2H3,(H,24,26). The second-order valence-corrected chi connectivity index (χ2v) is 6.87. The maximum atomic E-state index is 12.8. The third kappa shape index (κ3) is 5.20. The van der Waals surface area contributed by atoms with Gasteiger partial charge >= 0.3 is 6.18 Å². The number of nitrogens with zero attached hydrogens (tertiary/aromatic N) is 1. The summed E-state index contributed by atoms with van der Waals surface area (Å²) in [6, 6.07) is 5.13. The first-order chi connectivity index (χ1) is 12.3. The van der Waals surface area contributed by atoms with Crippen LogP contribution in [-0.2, 0) is 11.0 Å². The van der Waals surface area contributed by atoms with Crippen molar-refractivity contribution in [2.45, 2.75) is 51.4 Å². The van der Waals surface area contributed by atoms with E-state index in [9.17, 15) is 18.0 Å². The number of rotatable bonds is 7. The third-order valence-corrected chi connectivity index (χ3v) is 5.19. The molecule has 7 heteroatoms. The van der Waals surface area contributed by atoms with Crippen molar-refractivity contribution >= 4 is 5.91 Å². The Balaban J connectivity index is 2.09. The molecule has 3 atom stereocenters. The van der Waals surface area contributed by atoms with Gasteiger partial charge in [0.15, 0.2) is 0 Å². The molecule has 2 rings (SSSR count). The van der Waals surface area contributed by atoms with E-state index < -0.39 is 11.7 Å². The van der Waals surface area contributed by atoms with Crippen LogP contribution in [0.25, 0.3) is 0 Å². The molecule has 1 saturated carbocycles. The van der Waals surface area contributed by atoms with Crippen LogP contribution in [0.15, 0.2) is 24.3 Å². The molecule has 0 heterocycles. The molecule has 0 aliphatic heterocycles. The van der Waals surface area contributed by atoms with Gasteiger partial charge in [-0.3, -0.25) is 9.69 Å². The minimum absolute atomic E-state index is 0.0120. The van der Waals surface area contributed by atoms with Gasteiger partial charge < -0.3 is 11.1 Å². The van der Waals surface area contributed by atoms with Crippen LogP contribution in [0, 0.1) is 5.92 Å². The summed E-state index contributed by atoms with van der Waals surface area (Å²) in [5.41, 5.74) is 5.98. The van der Waals surface area contributed by atoms with Crippen LogP contribution in [0.1, 0.15) is 50.3 Å². The highest BCUT2D eigenvalue weighted by Crippen LogP contribution is 2.31. The SMILES string of the molecule is CCN(CC)C(CNC(=O)C1CCC(N)C1)c1ccc(C(F)(F)F)cc1. The van der Waals surface area contributed by atoms with Crippen LogP contribution in [0.2, 0.25) is 0 Å². The van der Waals surface area contributed by atoms with Crippen molar-refractivity contribution in [2.24, 2.45) is 11.7 Å². The Labute approximate surface area is 152 Å². The molecule has 1 fully saturated rings. The zero-order chi connectivity index (χ0) is 19.3. The predicted molar refractivity (Wildman–Crippen MR) is 95.4 cm³/mol. The van der Waals surface area contributed by atoms with Gasteiger partial charge in [-0.25, -0.2) is 0 Å². The highest BCUT2D eigenvalue weighted by Gasteiger charge is 2.31. The molecule has 3 N–H and O–H groups in total. The van der Waals surface area contributed by atoms with Gasteiger partial charge in [0, 0.05) is 18.5 Å². The molecule has 1 aliphatic carbocycles. The van der Waals surface area contributed by atoms with E-state index in [0.717, 1.165) is 43.6 Å². The summed E-state index contributed by atoms with van der Waals surface area (Å²) in [5.74, 6) is -0.0722. The maximum absolute atomic E-state index is 12.8. The summed E-state index contributed by atoms with van der Waals surface area (Å²) < 4.78 is 38.4. The Morgan fingerprint density at radius 2 is 1.85 bits per heavy atom. The Bertz CT molecular complexity index is 585. The monoisotopic (exact) mass is 371 g/mol. The first-order valence-corrected chi connectivity index (χ1v) is 9.20. The lowest BCUT2D eigenvalue weighted by Crippen LogP contribution is -2.40. The van der Waals surface area contributed by atoms with Gasteiger partial charge in [0.1, 0.15) is 0 Å². The fourth-order valence-corrected chi connectivity index (χ4v) is 3.61. The van der Waals surface area contributed by atoms with Crippen LogP contribution >= 0.6 is 0 Å². The van der Waals surface area contributed by atoms with Crippen molar-refractivity contribution < 1.29 is 18.0 Å². The molecule has 0 bridgehead atoms. The number of likely N-dealkylation sites (N-methyl/N-ethyl adjacent to an activating group) is 1. The van der Waals surface area contributed by atoms with Gasteiger partial charge in [-0.2, -0.15) is 13.2 Å². The van der Waals surface area contributed by atoms with E-state index in [-0.39, 0.29) is 23.9 Å². The van der Waals surface area contributed by atoms with Crippen molar-refractivity contribution in [3.05, 3.63) is 35.4 Å². The zero-order valence-electron chi connectivity index (χ0n) is 15.4. The molecule has 3 unspecified atom stereocenters. The molecular formula is C19H28F3N3O. The van der Waals surface area contributed by atoms with Crippen LogP contribution in [0.4, 0.5) is 13.2 Å². The van der Waals surface area contributed by atoms with Crippen LogP contribution in [-0.4, -0.2) is 36.5 Å². The Kier molecular flexibility index (Phi) is 7.06. The number of carbonyl (C=O) groups is 1. The number of hydrogen-bond donors (Lipinski definition) is 2. The average molecular weight is 371 g/mol. The van der Waals surface area contributed by atoms with E-state index in [2.05, 4.69) is 10.2 Å². The molecule has 0 saturated heterocycles. The van der Waals surface area contributed by atoms with Crippen LogP contribution in [0.5, 0.6) is 0 Å². The lowest BCUT2D eigenvalue weighted by atomic mass is 10.0. The minimum atomic E-state index is -4.35. The Morgan fingerprint density at radius 3 is 2.31 bits per heavy atom. The maximum Gasteiger partial charge on any atom is 0.416 e. The number of nitrogens with two attached hydrogens (primary N) is 1. The van der Waals surface area contributed by atoms with Crippen molar-refractivity contribution in [3.63, 3.8) is 0 Å². The predicted octanol–water partition coefficient (Wildman–Crippen LogP) is 3.33. The van der Waals surface area contributed by atoms with Gasteiger partial charge in [-0.05, 0) is 50.0 Å². The Hall–Kier alpha value is -1.60. The first-order valence-electron chi connectivity index (χ1n) is 9.20. The number of carbonyl (C=O) groups excluding carboxylic acids is 1. The van der Waals surface area contributed by atoms with Crippen molar-refractivity contribution in [2.75, 3.05) is 19.6 Å². The number of hydrogen-bond acceptors (Lipinski definition) is 3. The molecule has 1 amide bonds. The van der Waals surface area contributed by atoms with E-state index in [0.29, 0.717) is 13.0 Å². The summed E-state index contributed by atoms with van der Waals surface area (Å²) in [6.45, 7) is 5.85. The summed E-state index contributed by atoms with van der Waals surface area (Å²) in [7, 11) is 0. The van der Waals surface area contributed by atoms with E-state index in [1.54, 1.807) is 0 Å². The molecule has 0 radical (unpaired) electrons. The van der Waals surface area contributed by atoms with E-state index in [1.807, 2.05) is 13.8 Å². The smallest absolute Gasteiger partial charge is 0.354 e. The van der Waals surface area contributed by atoms with Crippen molar-refractivity contribution in [1.29, 1.82) is 0 Å². The molecule has 4 nitrogen and oxygen atoms in total. The summed E-state index contributed by atoms with van der Waals surface area (Å²) in [5, 5.41) is 2.98. The Morgan fingerprint density at radius 1 is 1.23 bits per heavy atom. The van der Waals surface area contributed by atoms with Gasteiger partial charge in [0.2, 0.25) is 5.91 Å². The van der Waals surface area contributed by atoms with E-state index >= 15 is 0 Å². The first kappa shape index (κ1) is 20.7. The third-order valence-electron chi connectivity index (χ3n) is 5.19. The molecule has 1 aromatic rings. The van der Waals surface area contributed by atoms with Gasteiger partial charge in [-0.15, -0.1) is 0 Å². The molecular weight excluding hydrogens is 343 g/mol. The normalized spacial score (nSPS) is 21.8. The number of alkyl halides is 3. The lowest BCUT2D eigenvalue weighted by Gasteiger charge is -2.31. The van der Waals surface area contributed by atoms with Crippen LogP contribution < -0.4 is 11.1 Å².